The van der Waals surface area contributed by atoms with E-state index in [4.69, 9.17) is 30.8 Å². The molecule has 1 saturated heterocycles. The molecule has 1 saturated carbocycles. The summed E-state index contributed by atoms with van der Waals surface area (Å²) in [5.41, 5.74) is 2.67. The second-order valence-corrected chi connectivity index (χ2v) is 9.46. The van der Waals surface area contributed by atoms with E-state index in [1.165, 1.54) is 6.08 Å². The summed E-state index contributed by atoms with van der Waals surface area (Å²) in [4.78, 5) is 21.2. The number of rotatable bonds is 8. The average Bonchev–Trinajstić information content (AvgIpc) is 3.74. The van der Waals surface area contributed by atoms with Crippen LogP contribution in [0.3, 0.4) is 0 Å². The van der Waals surface area contributed by atoms with E-state index >= 15 is 0 Å². The van der Waals surface area contributed by atoms with Crippen LogP contribution in [0.1, 0.15) is 30.7 Å². The summed E-state index contributed by atoms with van der Waals surface area (Å²) in [5.74, 6) is 2.20. The van der Waals surface area contributed by atoms with Crippen molar-refractivity contribution in [2.24, 2.45) is 0 Å². The number of hydrogen-bond donors (Lipinski definition) is 2. The zero-order valence-electron chi connectivity index (χ0n) is 20.3. The number of ether oxygens (including phenoxy) is 3. The fraction of sp³-hybridized carbons (Fsp3) is 0.370. The summed E-state index contributed by atoms with van der Waals surface area (Å²) in [6.45, 7) is 4.60. The number of pyridine rings is 2. The summed E-state index contributed by atoms with van der Waals surface area (Å²) < 4.78 is 16.8. The molecule has 2 N–H and O–H groups in total. The Morgan fingerprint density at radius 3 is 2.56 bits per heavy atom. The van der Waals surface area contributed by atoms with E-state index in [-0.39, 0.29) is 18.0 Å². The fourth-order valence-corrected chi connectivity index (χ4v) is 5.04. The van der Waals surface area contributed by atoms with Gasteiger partial charge in [-0.1, -0.05) is 18.2 Å². The lowest BCUT2D eigenvalue weighted by molar-refractivity contribution is -0.117. The van der Waals surface area contributed by atoms with Gasteiger partial charge in [-0.25, -0.2) is 4.98 Å². The molecule has 8 nitrogen and oxygen atoms in total. The Hall–Kier alpha value is -3.36. The molecule has 5 rings (SSSR count). The first-order valence-electron chi connectivity index (χ1n) is 12.0. The molecule has 2 fully saturated rings. The van der Waals surface area contributed by atoms with Crippen LogP contribution < -0.4 is 20.1 Å². The molecule has 1 amide bonds. The number of carbonyl (C=O) groups is 1. The normalized spacial score (nSPS) is 19.5. The van der Waals surface area contributed by atoms with Crippen LogP contribution in [0.15, 0.2) is 43.2 Å². The Bertz CT molecular complexity index is 1310. The molecule has 9 heteroatoms. The maximum absolute atomic E-state index is 11.8. The fourth-order valence-electron chi connectivity index (χ4n) is 4.71. The second-order valence-electron chi connectivity index (χ2n) is 9.08. The highest BCUT2D eigenvalue weighted by molar-refractivity contribution is 6.35. The number of hydrogen-bond acceptors (Lipinski definition) is 7. The Morgan fingerprint density at radius 2 is 1.83 bits per heavy atom. The number of nitrogens with one attached hydrogen (secondary N) is 2. The van der Waals surface area contributed by atoms with E-state index in [1.807, 2.05) is 30.6 Å². The predicted molar refractivity (Wildman–Crippen MR) is 140 cm³/mol. The minimum Gasteiger partial charge on any atom is -0.496 e. The van der Waals surface area contributed by atoms with Crippen LogP contribution >= 0.6 is 11.6 Å². The van der Waals surface area contributed by atoms with Gasteiger partial charge in [-0.2, -0.15) is 0 Å². The summed E-state index contributed by atoms with van der Waals surface area (Å²) in [7, 11) is 3.26. The lowest BCUT2D eigenvalue weighted by Crippen LogP contribution is -2.52. The molecule has 1 aliphatic heterocycles. The molecule has 2 aliphatic rings. The Kier molecular flexibility index (Phi) is 6.98. The third kappa shape index (κ3) is 4.83. The third-order valence-electron chi connectivity index (χ3n) is 6.72. The van der Waals surface area contributed by atoms with Gasteiger partial charge < -0.3 is 24.8 Å². The summed E-state index contributed by atoms with van der Waals surface area (Å²) >= 11 is 6.80. The molecule has 1 aliphatic carbocycles. The quantitative estimate of drug-likeness (QED) is 0.425. The van der Waals surface area contributed by atoms with Gasteiger partial charge in [0.05, 0.1) is 43.6 Å². The SMILES string of the molecule is C=CC(=O)N[C@H]1CCOC[C@H]1Nc1cc2cnc(-c3c(Cl)c(OC)cc(OC)c3C3CC3)cc2cn1. The number of halogens is 1. The number of amides is 1. The first-order valence-corrected chi connectivity index (χ1v) is 12.4. The van der Waals surface area contributed by atoms with Gasteiger partial charge in [-0.15, -0.1) is 0 Å². The lowest BCUT2D eigenvalue weighted by atomic mass is 9.97. The molecule has 1 aromatic carbocycles. The van der Waals surface area contributed by atoms with Crippen molar-refractivity contribution >= 4 is 34.1 Å². The van der Waals surface area contributed by atoms with Gasteiger partial charge >= 0.3 is 0 Å². The van der Waals surface area contributed by atoms with Crippen LogP contribution in [0.2, 0.25) is 5.02 Å². The van der Waals surface area contributed by atoms with Crippen molar-refractivity contribution in [3.8, 4) is 22.8 Å². The molecule has 0 bridgehead atoms. The van der Waals surface area contributed by atoms with Crippen molar-refractivity contribution in [3.63, 3.8) is 0 Å². The van der Waals surface area contributed by atoms with Crippen LogP contribution in [-0.4, -0.2) is 55.4 Å². The lowest BCUT2D eigenvalue weighted by Gasteiger charge is -2.32. The van der Waals surface area contributed by atoms with Gasteiger partial charge in [-0.3, -0.25) is 9.78 Å². The third-order valence-corrected chi connectivity index (χ3v) is 7.10. The number of carbonyl (C=O) groups excluding carboxylic acids is 1. The highest BCUT2D eigenvalue weighted by Crippen LogP contribution is 2.53. The number of anilines is 1. The maximum Gasteiger partial charge on any atom is 0.243 e. The molecule has 36 heavy (non-hydrogen) atoms. The Morgan fingerprint density at radius 1 is 1.08 bits per heavy atom. The number of benzene rings is 1. The topological polar surface area (TPSA) is 94.6 Å². The van der Waals surface area contributed by atoms with Gasteiger partial charge in [0.2, 0.25) is 5.91 Å². The summed E-state index contributed by atoms with van der Waals surface area (Å²) in [6.07, 6.45) is 7.81. The average molecular weight is 509 g/mol. The van der Waals surface area contributed by atoms with Crippen LogP contribution in [0.5, 0.6) is 11.5 Å². The van der Waals surface area contributed by atoms with Crippen molar-refractivity contribution in [2.75, 3.05) is 32.8 Å². The van der Waals surface area contributed by atoms with Crippen molar-refractivity contribution in [3.05, 3.63) is 53.8 Å². The standard InChI is InChI=1S/C27H29ClN4O4/c1-4-24(33)32-18-7-8-36-14-20(18)31-23-10-17-12-29-19(9-16(17)13-30-23)26-25(15-5-6-15)21(34-2)11-22(35-3)27(26)28/h4,9-13,15,18,20H,1,5-8,14H2,2-3H3,(H,30,31)(H,32,33)/t18-,20+/m0/s1. The largest absolute Gasteiger partial charge is 0.496 e. The second kappa shape index (κ2) is 10.3. The van der Waals surface area contributed by atoms with E-state index in [1.54, 1.807) is 14.2 Å². The number of nitrogens with zero attached hydrogens (tertiary/aromatic N) is 2. The minimum atomic E-state index is -0.199. The van der Waals surface area contributed by atoms with Crippen LogP contribution in [0.25, 0.3) is 22.0 Å². The molecule has 188 valence electrons. The molecule has 3 heterocycles. The van der Waals surface area contributed by atoms with E-state index in [9.17, 15) is 4.79 Å². The van der Waals surface area contributed by atoms with E-state index < -0.39 is 0 Å². The van der Waals surface area contributed by atoms with Crippen molar-refractivity contribution in [2.45, 2.75) is 37.3 Å². The zero-order chi connectivity index (χ0) is 25.2. The molecule has 3 aromatic rings. The summed E-state index contributed by atoms with van der Waals surface area (Å²) in [5, 5.41) is 8.77. The van der Waals surface area contributed by atoms with E-state index in [0.29, 0.717) is 42.1 Å². The van der Waals surface area contributed by atoms with Crippen molar-refractivity contribution in [1.29, 1.82) is 0 Å². The van der Waals surface area contributed by atoms with Crippen LogP contribution in [0.4, 0.5) is 5.82 Å². The van der Waals surface area contributed by atoms with E-state index in [2.05, 4.69) is 22.2 Å². The first-order chi connectivity index (χ1) is 17.5. The minimum absolute atomic E-state index is 0.0757. The van der Waals surface area contributed by atoms with Crippen LogP contribution in [-0.2, 0) is 9.53 Å². The van der Waals surface area contributed by atoms with Gasteiger partial charge in [0.15, 0.2) is 0 Å². The molecular weight excluding hydrogens is 480 g/mol. The van der Waals surface area contributed by atoms with Gasteiger partial charge in [-0.05, 0) is 43.4 Å². The number of fused-ring (bicyclic) bond motifs is 1. The van der Waals surface area contributed by atoms with Crippen molar-refractivity contribution in [1.82, 2.24) is 15.3 Å². The molecule has 0 spiro atoms. The molecule has 2 aromatic heterocycles. The summed E-state index contributed by atoms with van der Waals surface area (Å²) in [6, 6.07) is 5.61. The van der Waals surface area contributed by atoms with Gasteiger partial charge in [0.1, 0.15) is 17.3 Å². The van der Waals surface area contributed by atoms with Gasteiger partial charge in [0.25, 0.3) is 0 Å². The maximum atomic E-state index is 11.8. The van der Waals surface area contributed by atoms with Gasteiger partial charge in [0, 0.05) is 47.0 Å². The monoisotopic (exact) mass is 508 g/mol. The molecule has 2 atom stereocenters. The molecule has 0 unspecified atom stereocenters. The smallest absolute Gasteiger partial charge is 0.243 e. The number of methoxy groups -OCH3 is 2. The van der Waals surface area contributed by atoms with Crippen molar-refractivity contribution < 1.29 is 19.0 Å². The van der Waals surface area contributed by atoms with E-state index in [0.717, 1.165) is 46.2 Å². The Balaban J connectivity index is 1.46. The zero-order valence-corrected chi connectivity index (χ0v) is 21.1. The first kappa shape index (κ1) is 24.3. The predicted octanol–water partition coefficient (Wildman–Crippen LogP) is 4.72. The Labute approximate surface area is 215 Å². The highest BCUT2D eigenvalue weighted by atomic mass is 35.5. The molecule has 0 radical (unpaired) electrons. The molecular formula is C27H29ClN4O4. The number of aromatic nitrogens is 2. The van der Waals surface area contributed by atoms with Crippen LogP contribution in [0, 0.1) is 0 Å². The highest BCUT2D eigenvalue weighted by Gasteiger charge is 2.33.